The van der Waals surface area contributed by atoms with Crippen LogP contribution in [0.3, 0.4) is 0 Å². The Hall–Kier alpha value is -3.10. The number of rotatable bonds is 4. The number of halogens is 4. The fraction of sp³-hybridized carbons (Fsp3) is 0.333. The third-order valence-electron chi connectivity index (χ3n) is 4.98. The van der Waals surface area contributed by atoms with Crippen molar-refractivity contribution in [3.63, 3.8) is 0 Å². The second kappa shape index (κ2) is 8.33. The molecule has 5 nitrogen and oxygen atoms in total. The van der Waals surface area contributed by atoms with Crippen LogP contribution in [-0.2, 0) is 12.7 Å². The first-order chi connectivity index (χ1) is 14.1. The Labute approximate surface area is 170 Å². The van der Waals surface area contributed by atoms with E-state index in [9.17, 15) is 27.2 Å². The van der Waals surface area contributed by atoms with Crippen molar-refractivity contribution in [2.24, 2.45) is 0 Å². The van der Waals surface area contributed by atoms with Gasteiger partial charge in [0.2, 0.25) is 0 Å². The molecule has 0 bridgehead atoms. The van der Waals surface area contributed by atoms with Crippen molar-refractivity contribution in [2.45, 2.75) is 32.2 Å². The van der Waals surface area contributed by atoms with Crippen LogP contribution in [0.25, 0.3) is 0 Å². The minimum Gasteiger partial charge on any atom is -0.478 e. The Morgan fingerprint density at radius 1 is 1.20 bits per heavy atom. The van der Waals surface area contributed by atoms with Crippen LogP contribution in [0.4, 0.5) is 28.0 Å². The van der Waals surface area contributed by atoms with Gasteiger partial charge in [-0.15, -0.1) is 0 Å². The van der Waals surface area contributed by atoms with Crippen molar-refractivity contribution in [3.8, 4) is 0 Å². The first kappa shape index (κ1) is 21.6. The van der Waals surface area contributed by atoms with E-state index < -0.39 is 29.9 Å². The monoisotopic (exact) mass is 424 g/mol. The number of aromatic carboxylic acids is 1. The lowest BCUT2D eigenvalue weighted by atomic mass is 10.0. The van der Waals surface area contributed by atoms with Crippen LogP contribution < -0.4 is 4.90 Å². The predicted molar refractivity (Wildman–Crippen MR) is 102 cm³/mol. The molecule has 3 rings (SSSR count). The van der Waals surface area contributed by atoms with Crippen molar-refractivity contribution < 1.29 is 32.3 Å². The van der Waals surface area contributed by atoms with E-state index in [0.717, 1.165) is 17.0 Å². The zero-order valence-electron chi connectivity index (χ0n) is 16.1. The molecule has 1 N–H and O–H groups in total. The van der Waals surface area contributed by atoms with Crippen LogP contribution in [0.5, 0.6) is 0 Å². The molecule has 1 aliphatic heterocycles. The van der Waals surface area contributed by atoms with Crippen LogP contribution in [0.2, 0.25) is 0 Å². The number of amides is 2. The molecule has 1 aliphatic rings. The maximum atomic E-state index is 13.6. The Morgan fingerprint density at radius 2 is 1.93 bits per heavy atom. The smallest absolute Gasteiger partial charge is 0.416 e. The summed E-state index contributed by atoms with van der Waals surface area (Å²) in [5.74, 6) is -1.10. The number of hydrogen-bond donors (Lipinski definition) is 1. The van der Waals surface area contributed by atoms with E-state index in [2.05, 4.69) is 0 Å². The molecule has 1 heterocycles. The average Bonchev–Trinajstić information content (AvgIpc) is 3.11. The molecule has 0 saturated carbocycles. The Kier molecular flexibility index (Phi) is 6.00. The number of anilines is 1. The molecular weight excluding hydrogens is 404 g/mol. The summed E-state index contributed by atoms with van der Waals surface area (Å²) in [6.45, 7) is 1.56. The molecule has 0 aromatic heterocycles. The maximum Gasteiger partial charge on any atom is 0.416 e. The van der Waals surface area contributed by atoms with Gasteiger partial charge in [0.15, 0.2) is 0 Å². The van der Waals surface area contributed by atoms with Gasteiger partial charge in [-0.2, -0.15) is 13.2 Å². The fourth-order valence-corrected chi connectivity index (χ4v) is 3.43. The van der Waals surface area contributed by atoms with Crippen molar-refractivity contribution in [3.05, 3.63) is 64.7 Å². The molecule has 9 heteroatoms. The minimum atomic E-state index is -4.58. The molecule has 160 valence electrons. The van der Waals surface area contributed by atoms with E-state index in [1.807, 2.05) is 0 Å². The Bertz CT molecular complexity index is 962. The van der Waals surface area contributed by atoms with Gasteiger partial charge in [-0.05, 0) is 48.7 Å². The third kappa shape index (κ3) is 4.72. The number of carboxylic acid groups (broad SMARTS) is 1. The molecule has 30 heavy (non-hydrogen) atoms. The summed E-state index contributed by atoms with van der Waals surface area (Å²) in [4.78, 5) is 26.7. The number of carbonyl (C=O) groups is 2. The van der Waals surface area contributed by atoms with Gasteiger partial charge >= 0.3 is 18.2 Å². The zero-order valence-corrected chi connectivity index (χ0v) is 16.1. The lowest BCUT2D eigenvalue weighted by molar-refractivity contribution is -0.137. The molecule has 1 fully saturated rings. The first-order valence-corrected chi connectivity index (χ1v) is 9.27. The quantitative estimate of drug-likeness (QED) is 0.712. The van der Waals surface area contributed by atoms with Crippen LogP contribution in [0.1, 0.15) is 33.5 Å². The van der Waals surface area contributed by atoms with Gasteiger partial charge in [-0.25, -0.2) is 14.0 Å². The Balaban J connectivity index is 1.97. The van der Waals surface area contributed by atoms with Crippen LogP contribution in [0.15, 0.2) is 42.5 Å². The first-order valence-electron chi connectivity index (χ1n) is 9.27. The van der Waals surface area contributed by atoms with Crippen LogP contribution in [-0.4, -0.2) is 41.3 Å². The second-order valence-electron chi connectivity index (χ2n) is 7.20. The van der Waals surface area contributed by atoms with E-state index in [-0.39, 0.29) is 37.3 Å². The van der Waals surface area contributed by atoms with Gasteiger partial charge in [0.05, 0.1) is 24.2 Å². The highest BCUT2D eigenvalue weighted by Crippen LogP contribution is 2.32. The molecule has 2 aromatic carbocycles. The summed E-state index contributed by atoms with van der Waals surface area (Å²) in [5, 5.41) is 9.17. The zero-order chi connectivity index (χ0) is 22.1. The van der Waals surface area contributed by atoms with Crippen molar-refractivity contribution in [2.75, 3.05) is 18.0 Å². The van der Waals surface area contributed by atoms with E-state index in [0.29, 0.717) is 11.1 Å². The van der Waals surface area contributed by atoms with Crippen LogP contribution in [0, 0.1) is 6.92 Å². The standard InChI is InChI=1S/C21H20F4N2O3/c1-13-9-14(5-6-18(13)19(28)29)11-27(20(30)26-8-7-16(22)12-26)17-4-2-3-15(10-17)21(23,24)25/h2-6,9-10,16H,7-8,11-12H2,1H3,(H,28,29)/t16-/m1/s1. The van der Waals surface area contributed by atoms with Crippen LogP contribution >= 0.6 is 0 Å². The maximum absolute atomic E-state index is 13.6. The van der Waals surface area contributed by atoms with E-state index >= 15 is 0 Å². The summed E-state index contributed by atoms with van der Waals surface area (Å²) < 4.78 is 53.1. The number of likely N-dealkylation sites (tertiary alicyclic amines) is 1. The summed E-state index contributed by atoms with van der Waals surface area (Å²) in [7, 11) is 0. The summed E-state index contributed by atoms with van der Waals surface area (Å²) in [6, 6.07) is 8.23. The molecule has 1 atom stereocenters. The largest absolute Gasteiger partial charge is 0.478 e. The minimum absolute atomic E-state index is 0.0251. The molecule has 0 radical (unpaired) electrons. The number of carbonyl (C=O) groups excluding carboxylic acids is 1. The van der Waals surface area contributed by atoms with Gasteiger partial charge in [0.1, 0.15) is 6.17 Å². The van der Waals surface area contributed by atoms with Crippen molar-refractivity contribution >= 4 is 17.7 Å². The van der Waals surface area contributed by atoms with Gasteiger partial charge in [0, 0.05) is 12.2 Å². The highest BCUT2D eigenvalue weighted by Gasteiger charge is 2.33. The number of nitrogens with zero attached hydrogens (tertiary/aromatic N) is 2. The van der Waals surface area contributed by atoms with Gasteiger partial charge < -0.3 is 10.0 Å². The molecule has 0 aliphatic carbocycles. The summed E-state index contributed by atoms with van der Waals surface area (Å²) in [6.07, 6.45) is -5.58. The Morgan fingerprint density at radius 3 is 2.50 bits per heavy atom. The molecule has 2 aromatic rings. The molecule has 2 amide bonds. The SMILES string of the molecule is Cc1cc(CN(C(=O)N2CC[C@@H](F)C2)c2cccc(C(F)(F)F)c2)ccc1C(=O)O. The highest BCUT2D eigenvalue weighted by molar-refractivity contribution is 5.92. The topological polar surface area (TPSA) is 60.9 Å². The van der Waals surface area contributed by atoms with Crippen molar-refractivity contribution in [1.29, 1.82) is 0 Å². The summed E-state index contributed by atoms with van der Waals surface area (Å²) in [5.41, 5.74) is 0.216. The van der Waals surface area contributed by atoms with E-state index in [1.54, 1.807) is 13.0 Å². The number of alkyl halides is 4. The van der Waals surface area contributed by atoms with Gasteiger partial charge in [-0.3, -0.25) is 4.90 Å². The van der Waals surface area contributed by atoms with Gasteiger partial charge in [0.25, 0.3) is 0 Å². The molecule has 0 unspecified atom stereocenters. The predicted octanol–water partition coefficient (Wildman–Crippen LogP) is 4.88. The lowest BCUT2D eigenvalue weighted by Crippen LogP contribution is -2.42. The average molecular weight is 424 g/mol. The van der Waals surface area contributed by atoms with Gasteiger partial charge in [-0.1, -0.05) is 18.2 Å². The number of carboxylic acids is 1. The number of aryl methyl sites for hydroxylation is 1. The van der Waals surface area contributed by atoms with Crippen molar-refractivity contribution in [1.82, 2.24) is 4.90 Å². The number of hydrogen-bond acceptors (Lipinski definition) is 2. The highest BCUT2D eigenvalue weighted by atomic mass is 19.4. The lowest BCUT2D eigenvalue weighted by Gasteiger charge is -2.29. The number of benzene rings is 2. The second-order valence-corrected chi connectivity index (χ2v) is 7.20. The molecule has 1 saturated heterocycles. The molecular formula is C21H20F4N2O3. The molecule has 0 spiro atoms. The number of urea groups is 1. The fourth-order valence-electron chi connectivity index (χ4n) is 3.43. The van der Waals surface area contributed by atoms with E-state index in [1.165, 1.54) is 29.2 Å². The normalized spacial score (nSPS) is 16.6. The summed E-state index contributed by atoms with van der Waals surface area (Å²) >= 11 is 0. The third-order valence-corrected chi connectivity index (χ3v) is 4.98. The van der Waals surface area contributed by atoms with E-state index in [4.69, 9.17) is 5.11 Å².